The van der Waals surface area contributed by atoms with Crippen LogP contribution in [0.15, 0.2) is 15.7 Å². The fourth-order valence-electron chi connectivity index (χ4n) is 2.14. The van der Waals surface area contributed by atoms with Crippen molar-refractivity contribution in [2.45, 2.75) is 44.0 Å². The molecule has 1 aromatic heterocycles. The summed E-state index contributed by atoms with van der Waals surface area (Å²) in [6, 6.07) is 2.21. The van der Waals surface area contributed by atoms with Gasteiger partial charge in [-0.25, -0.2) is 8.42 Å². The van der Waals surface area contributed by atoms with Crippen LogP contribution in [0, 0.1) is 5.92 Å². The van der Waals surface area contributed by atoms with Crippen molar-refractivity contribution in [3.63, 3.8) is 0 Å². The summed E-state index contributed by atoms with van der Waals surface area (Å²) in [6.45, 7) is 8.29. The highest BCUT2D eigenvalue weighted by Gasteiger charge is 2.31. The normalized spacial score (nSPS) is 21.4. The molecular formula is C13H22N2O2S2. The van der Waals surface area contributed by atoms with Crippen molar-refractivity contribution in [2.24, 2.45) is 5.92 Å². The third-order valence-corrected chi connectivity index (χ3v) is 6.65. The van der Waals surface area contributed by atoms with Gasteiger partial charge in [0.15, 0.2) is 0 Å². The molecule has 1 unspecified atom stereocenters. The monoisotopic (exact) mass is 302 g/mol. The molecule has 1 aliphatic rings. The van der Waals surface area contributed by atoms with Crippen LogP contribution in [0.1, 0.15) is 32.8 Å². The van der Waals surface area contributed by atoms with E-state index in [1.807, 2.05) is 5.38 Å². The van der Waals surface area contributed by atoms with E-state index in [1.165, 1.54) is 11.3 Å². The highest BCUT2D eigenvalue weighted by atomic mass is 32.2. The predicted molar refractivity (Wildman–Crippen MR) is 78.8 cm³/mol. The van der Waals surface area contributed by atoms with Crippen LogP contribution in [0.3, 0.4) is 0 Å². The summed E-state index contributed by atoms with van der Waals surface area (Å²) >= 11 is 1.33. The molecule has 0 radical (unpaired) electrons. The molecule has 19 heavy (non-hydrogen) atoms. The van der Waals surface area contributed by atoms with E-state index in [0.29, 0.717) is 29.3 Å². The minimum absolute atomic E-state index is 0.402. The van der Waals surface area contributed by atoms with Crippen LogP contribution >= 0.6 is 11.3 Å². The van der Waals surface area contributed by atoms with Crippen LogP contribution in [-0.2, 0) is 16.6 Å². The third-order valence-electron chi connectivity index (χ3n) is 3.32. The third kappa shape index (κ3) is 3.56. The van der Waals surface area contributed by atoms with E-state index in [9.17, 15) is 8.42 Å². The van der Waals surface area contributed by atoms with Crippen LogP contribution in [0.4, 0.5) is 0 Å². The summed E-state index contributed by atoms with van der Waals surface area (Å²) in [5, 5.41) is 5.23. The second kappa shape index (κ2) is 5.91. The fourth-order valence-corrected chi connectivity index (χ4v) is 5.08. The van der Waals surface area contributed by atoms with E-state index in [2.05, 4.69) is 26.1 Å². The van der Waals surface area contributed by atoms with Crippen molar-refractivity contribution in [3.05, 3.63) is 17.0 Å². The number of sulfonamides is 1. The molecule has 0 bridgehead atoms. The van der Waals surface area contributed by atoms with Crippen molar-refractivity contribution in [2.75, 3.05) is 13.1 Å². The minimum atomic E-state index is -3.27. The first-order valence-corrected chi connectivity index (χ1v) is 9.02. The van der Waals surface area contributed by atoms with E-state index >= 15 is 0 Å². The Morgan fingerprint density at radius 1 is 1.53 bits per heavy atom. The molecule has 0 spiro atoms. The summed E-state index contributed by atoms with van der Waals surface area (Å²) in [5.41, 5.74) is 1.05. The van der Waals surface area contributed by atoms with Crippen molar-refractivity contribution in [1.29, 1.82) is 0 Å². The van der Waals surface area contributed by atoms with Gasteiger partial charge in [-0.3, -0.25) is 0 Å². The van der Waals surface area contributed by atoms with E-state index in [1.54, 1.807) is 10.4 Å². The van der Waals surface area contributed by atoms with Gasteiger partial charge in [-0.05, 0) is 29.3 Å². The Bertz CT molecular complexity index is 523. The van der Waals surface area contributed by atoms with Gasteiger partial charge in [0.1, 0.15) is 4.21 Å². The number of hydrogen-bond donors (Lipinski definition) is 1. The molecule has 108 valence electrons. The van der Waals surface area contributed by atoms with Gasteiger partial charge >= 0.3 is 0 Å². The topological polar surface area (TPSA) is 49.4 Å². The average Bonchev–Trinajstić information content (AvgIpc) is 2.95. The van der Waals surface area contributed by atoms with E-state index in [4.69, 9.17) is 0 Å². The molecule has 1 saturated heterocycles. The summed E-state index contributed by atoms with van der Waals surface area (Å²) in [4.78, 5) is 0. The lowest BCUT2D eigenvalue weighted by Crippen LogP contribution is -2.28. The molecule has 6 heteroatoms. The first-order chi connectivity index (χ1) is 8.89. The summed E-state index contributed by atoms with van der Waals surface area (Å²) in [7, 11) is -3.27. The lowest BCUT2D eigenvalue weighted by molar-refractivity contribution is 0.466. The van der Waals surface area contributed by atoms with Crippen LogP contribution in [-0.4, -0.2) is 31.9 Å². The summed E-state index contributed by atoms with van der Waals surface area (Å²) in [6.07, 6.45) is 0.965. The van der Waals surface area contributed by atoms with E-state index < -0.39 is 10.0 Å². The molecule has 0 amide bonds. The Hall–Kier alpha value is -0.430. The predicted octanol–water partition coefficient (Wildman–Crippen LogP) is 2.28. The van der Waals surface area contributed by atoms with E-state index in [0.717, 1.165) is 18.5 Å². The SMILES string of the molecule is CC1CCN(S(=O)(=O)c2cc(CNC(C)C)cs2)C1. The number of hydrogen-bond acceptors (Lipinski definition) is 4. The highest BCUT2D eigenvalue weighted by Crippen LogP contribution is 2.28. The Labute approximate surface area is 119 Å². The lowest BCUT2D eigenvalue weighted by Gasteiger charge is -2.14. The molecule has 1 aromatic rings. The zero-order valence-corrected chi connectivity index (χ0v) is 13.4. The van der Waals surface area contributed by atoms with Crippen molar-refractivity contribution >= 4 is 21.4 Å². The van der Waals surface area contributed by atoms with Crippen LogP contribution in [0.25, 0.3) is 0 Å². The van der Waals surface area contributed by atoms with Crippen molar-refractivity contribution in [3.8, 4) is 0 Å². The van der Waals surface area contributed by atoms with Gasteiger partial charge in [0.05, 0.1) is 0 Å². The maximum absolute atomic E-state index is 12.4. The molecule has 1 aliphatic heterocycles. The molecule has 2 heterocycles. The Kier molecular flexibility index (Phi) is 4.66. The van der Waals surface area contributed by atoms with Gasteiger partial charge in [0.2, 0.25) is 0 Å². The van der Waals surface area contributed by atoms with Crippen molar-refractivity contribution in [1.82, 2.24) is 9.62 Å². The van der Waals surface area contributed by atoms with Gasteiger partial charge in [0.25, 0.3) is 10.0 Å². The number of thiophene rings is 1. The minimum Gasteiger partial charge on any atom is -0.310 e. The molecule has 0 saturated carbocycles. The average molecular weight is 302 g/mol. The fraction of sp³-hybridized carbons (Fsp3) is 0.692. The zero-order chi connectivity index (χ0) is 14.0. The van der Waals surface area contributed by atoms with Gasteiger partial charge in [-0.2, -0.15) is 4.31 Å². The van der Waals surface area contributed by atoms with Gasteiger partial charge in [0, 0.05) is 25.7 Å². The molecule has 2 rings (SSSR count). The number of nitrogens with zero attached hydrogens (tertiary/aromatic N) is 1. The zero-order valence-electron chi connectivity index (χ0n) is 11.7. The molecule has 0 aromatic carbocycles. The van der Waals surface area contributed by atoms with Gasteiger partial charge < -0.3 is 5.32 Å². The molecule has 4 nitrogen and oxygen atoms in total. The largest absolute Gasteiger partial charge is 0.310 e. The molecule has 0 aliphatic carbocycles. The number of nitrogens with one attached hydrogen (secondary N) is 1. The van der Waals surface area contributed by atoms with Gasteiger partial charge in [-0.1, -0.05) is 20.8 Å². The second-order valence-corrected chi connectivity index (χ2v) is 8.64. The second-order valence-electron chi connectivity index (χ2n) is 5.57. The lowest BCUT2D eigenvalue weighted by atomic mass is 10.2. The Morgan fingerprint density at radius 2 is 2.26 bits per heavy atom. The standard InChI is InChI=1S/C13H22N2O2S2/c1-10(2)14-7-12-6-13(18-9-12)19(16,17)15-5-4-11(3)8-15/h6,9-11,14H,4-5,7-8H2,1-3H3. The highest BCUT2D eigenvalue weighted by molar-refractivity contribution is 7.91. The first kappa shape index (κ1) is 15.0. The molecule has 1 fully saturated rings. The molecule has 1 atom stereocenters. The van der Waals surface area contributed by atoms with Crippen LogP contribution in [0.5, 0.6) is 0 Å². The molecular weight excluding hydrogens is 280 g/mol. The summed E-state index contributed by atoms with van der Waals surface area (Å²) < 4.78 is 27.0. The Balaban J connectivity index is 2.09. The van der Waals surface area contributed by atoms with Crippen LogP contribution in [0.2, 0.25) is 0 Å². The summed E-state index contributed by atoms with van der Waals surface area (Å²) in [5.74, 6) is 0.469. The number of rotatable bonds is 5. The first-order valence-electron chi connectivity index (χ1n) is 6.70. The van der Waals surface area contributed by atoms with E-state index in [-0.39, 0.29) is 0 Å². The van der Waals surface area contributed by atoms with Crippen molar-refractivity contribution < 1.29 is 8.42 Å². The smallest absolute Gasteiger partial charge is 0.252 e. The van der Waals surface area contributed by atoms with Gasteiger partial charge in [-0.15, -0.1) is 11.3 Å². The quantitative estimate of drug-likeness (QED) is 0.908. The maximum atomic E-state index is 12.4. The Morgan fingerprint density at radius 3 is 2.84 bits per heavy atom. The van der Waals surface area contributed by atoms with Crippen LogP contribution < -0.4 is 5.32 Å². The maximum Gasteiger partial charge on any atom is 0.252 e. The molecule has 1 N–H and O–H groups in total.